The number of halogens is 1. The molecule has 172 valence electrons. The zero-order chi connectivity index (χ0) is 23.7. The fourth-order valence-corrected chi connectivity index (χ4v) is 3.96. The van der Waals surface area contributed by atoms with Crippen LogP contribution in [0.1, 0.15) is 38.8 Å². The largest absolute Gasteiger partial charge is 0.489 e. The zero-order valence-electron chi connectivity index (χ0n) is 19.9. The summed E-state index contributed by atoms with van der Waals surface area (Å²) in [6, 6.07) is 18.6. The summed E-state index contributed by atoms with van der Waals surface area (Å²) >= 11 is 1.70. The first-order valence-electron chi connectivity index (χ1n) is 11.3. The van der Waals surface area contributed by atoms with E-state index < -0.39 is 0 Å². The first kappa shape index (κ1) is 24.8. The maximum atomic E-state index is 14.3. The minimum Gasteiger partial charge on any atom is -0.489 e. The van der Waals surface area contributed by atoms with Gasteiger partial charge in [-0.25, -0.2) is 4.39 Å². The van der Waals surface area contributed by atoms with Gasteiger partial charge in [0.05, 0.1) is 6.54 Å². The van der Waals surface area contributed by atoms with Crippen molar-refractivity contribution in [3.05, 3.63) is 88.4 Å². The van der Waals surface area contributed by atoms with E-state index >= 15 is 0 Å². The highest BCUT2D eigenvalue weighted by Crippen LogP contribution is 2.24. The molecule has 2 aromatic carbocycles. The van der Waals surface area contributed by atoms with E-state index in [2.05, 4.69) is 52.9 Å². The molecule has 0 atom stereocenters. The SMILES string of the molecule is CCN(CC(F)=CC#CC(C)(C)C)Cc1cccc(OCc2cccc(-c3ccsc3)c2)c1. The molecule has 0 radical (unpaired) electrons. The Morgan fingerprint density at radius 2 is 1.85 bits per heavy atom. The fraction of sp³-hybridized carbons (Fsp3) is 0.310. The second-order valence-electron chi connectivity index (χ2n) is 9.06. The molecule has 0 N–H and O–H groups in total. The molecule has 1 heterocycles. The zero-order valence-corrected chi connectivity index (χ0v) is 20.7. The predicted octanol–water partition coefficient (Wildman–Crippen LogP) is 7.72. The molecule has 0 unspecified atom stereocenters. The Morgan fingerprint density at radius 1 is 1.06 bits per heavy atom. The van der Waals surface area contributed by atoms with Crippen molar-refractivity contribution in [3.63, 3.8) is 0 Å². The molecule has 0 amide bonds. The normalized spacial score (nSPS) is 11.9. The van der Waals surface area contributed by atoms with Crippen LogP contribution in [0.15, 0.2) is 77.3 Å². The van der Waals surface area contributed by atoms with Crippen LogP contribution in [0.2, 0.25) is 0 Å². The van der Waals surface area contributed by atoms with Crippen LogP contribution in [0.5, 0.6) is 5.75 Å². The van der Waals surface area contributed by atoms with Crippen molar-refractivity contribution in [2.24, 2.45) is 5.41 Å². The molecule has 33 heavy (non-hydrogen) atoms. The lowest BCUT2D eigenvalue weighted by molar-refractivity contribution is 0.281. The summed E-state index contributed by atoms with van der Waals surface area (Å²) in [5, 5.41) is 4.24. The van der Waals surface area contributed by atoms with E-state index in [0.717, 1.165) is 23.4 Å². The summed E-state index contributed by atoms with van der Waals surface area (Å²) in [5.41, 5.74) is 4.52. The number of ether oxygens (including phenoxy) is 1. The van der Waals surface area contributed by atoms with Gasteiger partial charge < -0.3 is 4.74 Å². The van der Waals surface area contributed by atoms with Gasteiger partial charge in [0.2, 0.25) is 0 Å². The summed E-state index contributed by atoms with van der Waals surface area (Å²) in [5.74, 6) is 6.48. The van der Waals surface area contributed by atoms with E-state index in [1.807, 2.05) is 56.9 Å². The number of hydrogen-bond donors (Lipinski definition) is 0. The molecule has 0 saturated carbocycles. The van der Waals surface area contributed by atoms with Crippen LogP contribution in [0.25, 0.3) is 11.1 Å². The molecule has 3 aromatic rings. The van der Waals surface area contributed by atoms with E-state index in [9.17, 15) is 4.39 Å². The van der Waals surface area contributed by atoms with Crippen molar-refractivity contribution in [1.29, 1.82) is 0 Å². The van der Waals surface area contributed by atoms with Crippen LogP contribution < -0.4 is 4.74 Å². The van der Waals surface area contributed by atoms with Crippen LogP contribution in [0, 0.1) is 17.3 Å². The van der Waals surface area contributed by atoms with Gasteiger partial charge in [-0.1, -0.05) is 49.1 Å². The van der Waals surface area contributed by atoms with E-state index in [1.54, 1.807) is 11.3 Å². The van der Waals surface area contributed by atoms with Gasteiger partial charge in [0.25, 0.3) is 0 Å². The van der Waals surface area contributed by atoms with Crippen molar-refractivity contribution in [1.82, 2.24) is 4.90 Å². The lowest BCUT2D eigenvalue weighted by Gasteiger charge is -2.19. The second-order valence-corrected chi connectivity index (χ2v) is 9.84. The first-order chi connectivity index (χ1) is 15.8. The van der Waals surface area contributed by atoms with Crippen LogP contribution in [-0.4, -0.2) is 18.0 Å². The third-order valence-corrected chi connectivity index (χ3v) is 5.67. The number of thiophene rings is 1. The fourth-order valence-electron chi connectivity index (χ4n) is 3.30. The lowest BCUT2D eigenvalue weighted by Crippen LogP contribution is -2.24. The van der Waals surface area contributed by atoms with Gasteiger partial charge in [-0.3, -0.25) is 4.90 Å². The molecule has 2 nitrogen and oxygen atoms in total. The number of benzene rings is 2. The second kappa shape index (κ2) is 11.8. The van der Waals surface area contributed by atoms with Crippen molar-refractivity contribution in [3.8, 4) is 28.7 Å². The van der Waals surface area contributed by atoms with E-state index in [-0.39, 0.29) is 17.8 Å². The minimum absolute atomic E-state index is 0.132. The van der Waals surface area contributed by atoms with Crippen LogP contribution in [0.4, 0.5) is 4.39 Å². The molecular formula is C29H32FNOS. The smallest absolute Gasteiger partial charge is 0.122 e. The number of rotatable bonds is 9. The lowest BCUT2D eigenvalue weighted by atomic mass is 9.98. The Morgan fingerprint density at radius 3 is 2.58 bits per heavy atom. The molecule has 0 spiro atoms. The predicted molar refractivity (Wildman–Crippen MR) is 138 cm³/mol. The molecule has 0 bridgehead atoms. The van der Waals surface area contributed by atoms with Gasteiger partial charge in [0, 0.05) is 18.0 Å². The highest BCUT2D eigenvalue weighted by Gasteiger charge is 2.08. The van der Waals surface area contributed by atoms with Gasteiger partial charge in [0.15, 0.2) is 0 Å². The standard InChI is InChI=1S/C29H32FNOS/c1-5-31(20-27(30)12-8-15-29(2,3)4)19-23-9-7-13-28(18-23)32-21-24-10-6-11-25(17-24)26-14-16-33-22-26/h6-7,9-14,16-18,22H,5,19-21H2,1-4H3. The van der Waals surface area contributed by atoms with Crippen molar-refractivity contribution < 1.29 is 9.13 Å². The Balaban J connectivity index is 1.59. The Hall–Kier alpha value is -2.87. The number of hydrogen-bond acceptors (Lipinski definition) is 3. The van der Waals surface area contributed by atoms with Crippen LogP contribution in [0.3, 0.4) is 0 Å². The van der Waals surface area contributed by atoms with Crippen molar-refractivity contribution in [2.75, 3.05) is 13.1 Å². The quantitative estimate of drug-likeness (QED) is 0.302. The molecule has 0 aliphatic rings. The van der Waals surface area contributed by atoms with Gasteiger partial charge in [-0.05, 0) is 84.6 Å². The summed E-state index contributed by atoms with van der Waals surface area (Å²) in [6.07, 6.45) is 1.39. The highest BCUT2D eigenvalue weighted by molar-refractivity contribution is 7.08. The summed E-state index contributed by atoms with van der Waals surface area (Å²) in [6.45, 7) is 10.2. The summed E-state index contributed by atoms with van der Waals surface area (Å²) in [7, 11) is 0. The van der Waals surface area contributed by atoms with E-state index in [1.165, 1.54) is 17.2 Å². The van der Waals surface area contributed by atoms with Gasteiger partial charge in [0.1, 0.15) is 18.2 Å². The maximum Gasteiger partial charge on any atom is 0.122 e. The first-order valence-corrected chi connectivity index (χ1v) is 12.2. The third-order valence-electron chi connectivity index (χ3n) is 4.99. The molecule has 1 aromatic heterocycles. The van der Waals surface area contributed by atoms with Gasteiger partial charge in [-0.2, -0.15) is 11.3 Å². The van der Waals surface area contributed by atoms with Gasteiger partial charge >= 0.3 is 0 Å². The average molecular weight is 462 g/mol. The molecule has 0 aliphatic heterocycles. The summed E-state index contributed by atoms with van der Waals surface area (Å²) in [4.78, 5) is 2.05. The Labute approximate surface area is 201 Å². The molecule has 0 fully saturated rings. The van der Waals surface area contributed by atoms with Crippen molar-refractivity contribution in [2.45, 2.75) is 40.8 Å². The number of likely N-dealkylation sites (N-methyl/N-ethyl adjacent to an activating group) is 1. The van der Waals surface area contributed by atoms with E-state index in [0.29, 0.717) is 13.2 Å². The molecular weight excluding hydrogens is 429 g/mol. The Bertz CT molecular complexity index is 1120. The number of nitrogens with zero attached hydrogens (tertiary/aromatic N) is 1. The maximum absolute atomic E-state index is 14.3. The Kier molecular flexibility index (Phi) is 8.88. The number of allylic oxidation sites excluding steroid dienone is 1. The topological polar surface area (TPSA) is 12.5 Å². The van der Waals surface area contributed by atoms with E-state index in [4.69, 9.17) is 4.74 Å². The summed E-state index contributed by atoms with van der Waals surface area (Å²) < 4.78 is 20.4. The van der Waals surface area contributed by atoms with Gasteiger partial charge in [-0.15, -0.1) is 0 Å². The molecule has 0 aliphatic carbocycles. The van der Waals surface area contributed by atoms with Crippen molar-refractivity contribution >= 4 is 11.3 Å². The molecule has 4 heteroatoms. The molecule has 0 saturated heterocycles. The van der Waals surface area contributed by atoms with Crippen LogP contribution in [-0.2, 0) is 13.2 Å². The third kappa shape index (κ3) is 8.53. The van der Waals surface area contributed by atoms with Crippen LogP contribution >= 0.6 is 11.3 Å². The minimum atomic E-state index is -0.216. The monoisotopic (exact) mass is 461 g/mol. The molecule has 3 rings (SSSR count). The average Bonchev–Trinajstić information content (AvgIpc) is 3.32. The highest BCUT2D eigenvalue weighted by atomic mass is 32.1.